The predicted octanol–water partition coefficient (Wildman–Crippen LogP) is 3.28. The predicted molar refractivity (Wildman–Crippen MR) is 47.7 cm³/mol. The number of hydrogen-bond donors (Lipinski definition) is 0. The molecule has 0 amide bonds. The number of rotatable bonds is 0. The highest BCUT2D eigenvalue weighted by Crippen LogP contribution is 2.33. The highest BCUT2D eigenvalue weighted by molar-refractivity contribution is 6.43. The largest absolute Gasteiger partial charge is 0.269 e. The zero-order valence-corrected chi connectivity index (χ0v) is 7.99. The van der Waals surface area contributed by atoms with Crippen molar-refractivity contribution in [1.29, 1.82) is 0 Å². The Balaban J connectivity index is 0. The minimum absolute atomic E-state index is 0. The molecule has 0 nitrogen and oxygen atoms in total. The van der Waals surface area contributed by atoms with Crippen molar-refractivity contribution in [3.63, 3.8) is 0 Å². The van der Waals surface area contributed by atoms with Gasteiger partial charge in [-0.2, -0.15) is 0 Å². The molecule has 2 heteroatoms. The maximum Gasteiger partial charge on any atom is 0.124 e. The lowest BCUT2D eigenvalue weighted by Gasteiger charge is -2.26. The van der Waals surface area contributed by atoms with E-state index in [2.05, 4.69) is 48.8 Å². The molecule has 0 spiro atoms. The molecule has 0 atom stereocenters. The second-order valence-corrected chi connectivity index (χ2v) is 4.88. The van der Waals surface area contributed by atoms with Gasteiger partial charge in [-0.05, 0) is 0 Å². The van der Waals surface area contributed by atoms with Gasteiger partial charge in [0.1, 0.15) is 7.28 Å². The van der Waals surface area contributed by atoms with Crippen molar-refractivity contribution in [2.24, 2.45) is 0 Å². The molecule has 0 bridgehead atoms. The molecule has 0 fully saturated rings. The first-order valence-electron chi connectivity index (χ1n) is 3.58. The van der Waals surface area contributed by atoms with Crippen LogP contribution in [0.25, 0.3) is 0 Å². The van der Waals surface area contributed by atoms with E-state index in [0.29, 0.717) is 10.6 Å². The Bertz CT molecular complexity index is 74.4. The molecule has 0 heterocycles. The average molecular weight is 145 g/mol. The van der Waals surface area contributed by atoms with E-state index in [1.807, 2.05) is 0 Å². The third kappa shape index (κ3) is 10.9. The van der Waals surface area contributed by atoms with Gasteiger partial charge in [-0.3, -0.25) is 4.70 Å². The molecule has 0 unspecified atom stereocenters. The van der Waals surface area contributed by atoms with Crippen molar-refractivity contribution in [3.05, 3.63) is 0 Å². The number of hydrogen-bond acceptors (Lipinski definition) is 0. The van der Waals surface area contributed by atoms with Gasteiger partial charge in [-0.1, -0.05) is 52.2 Å². The lowest BCUT2D eigenvalue weighted by atomic mass is 9.42. The summed E-state index contributed by atoms with van der Waals surface area (Å²) < 4.78 is 0. The van der Waals surface area contributed by atoms with Gasteiger partial charge < -0.3 is 0 Å². The Morgan fingerprint density at radius 1 is 0.700 bits per heavy atom. The van der Waals surface area contributed by atoms with Gasteiger partial charge in [0.25, 0.3) is 0 Å². The van der Waals surface area contributed by atoms with Crippen LogP contribution in [-0.2, 0) is 0 Å². The van der Waals surface area contributed by atoms with Gasteiger partial charge in [-0.25, -0.2) is 0 Å². The lowest BCUT2D eigenvalue weighted by Crippen LogP contribution is -2.18. The van der Waals surface area contributed by atoms with Crippen LogP contribution in [0.1, 0.15) is 41.5 Å². The Morgan fingerprint density at radius 2 is 0.900 bits per heavy atom. The van der Waals surface area contributed by atoms with Gasteiger partial charge in [-0.15, -0.1) is 0 Å². The normalized spacial score (nSPS) is 12.2. The summed E-state index contributed by atoms with van der Waals surface area (Å²) in [6, 6.07) is 0. The quantitative estimate of drug-likeness (QED) is 0.459. The Hall–Kier alpha value is -0.00506. The summed E-state index contributed by atoms with van der Waals surface area (Å²) in [4.78, 5) is 0. The molecule has 61 valence electrons. The Labute approximate surface area is 65.0 Å². The zero-order chi connectivity index (χ0) is 7.71. The summed E-state index contributed by atoms with van der Waals surface area (Å²) in [6.07, 6.45) is 0. The van der Waals surface area contributed by atoms with Crippen molar-refractivity contribution in [1.82, 2.24) is 0 Å². The molecule has 0 aromatic rings. The molecule has 0 aromatic carbocycles. The maximum absolute atomic E-state index is 2.38. The van der Waals surface area contributed by atoms with E-state index in [-0.39, 0.29) is 4.70 Å². The minimum atomic E-state index is 0. The summed E-state index contributed by atoms with van der Waals surface area (Å²) >= 11 is 0. The first-order chi connectivity index (χ1) is 3.71. The van der Waals surface area contributed by atoms with E-state index >= 15 is 0 Å². The molecule has 0 rings (SSSR count). The standard InChI is InChI=1S/C8H18B.FH/c1-7(2,3)9-8(4,5)6;/h1-6H3;1H. The van der Waals surface area contributed by atoms with E-state index in [4.69, 9.17) is 0 Å². The molecule has 0 N–H and O–H groups in total. The third-order valence-corrected chi connectivity index (χ3v) is 0.866. The van der Waals surface area contributed by atoms with Crippen molar-refractivity contribution in [3.8, 4) is 0 Å². The van der Waals surface area contributed by atoms with Crippen LogP contribution in [0.4, 0.5) is 4.70 Å². The zero-order valence-electron chi connectivity index (χ0n) is 7.99. The topological polar surface area (TPSA) is 0 Å². The van der Waals surface area contributed by atoms with Crippen molar-refractivity contribution in [2.75, 3.05) is 0 Å². The van der Waals surface area contributed by atoms with Crippen LogP contribution in [0.2, 0.25) is 10.6 Å². The van der Waals surface area contributed by atoms with Crippen LogP contribution in [-0.4, -0.2) is 7.28 Å². The molecule has 0 aliphatic rings. The number of halogens is 1. The summed E-state index contributed by atoms with van der Waals surface area (Å²) in [7, 11) is 2.38. The van der Waals surface area contributed by atoms with Crippen molar-refractivity contribution < 1.29 is 4.70 Å². The fourth-order valence-electron chi connectivity index (χ4n) is 1.30. The molecule has 1 radical (unpaired) electrons. The second-order valence-electron chi connectivity index (χ2n) is 4.88. The Kier molecular flexibility index (Phi) is 4.31. The SMILES string of the molecule is CC(C)(C)[B]C(C)(C)C.F. The molecule has 0 saturated carbocycles. The fraction of sp³-hybridized carbons (Fsp3) is 1.00. The van der Waals surface area contributed by atoms with Crippen LogP contribution < -0.4 is 0 Å². The minimum Gasteiger partial charge on any atom is -0.269 e. The van der Waals surface area contributed by atoms with Crippen LogP contribution in [0, 0.1) is 0 Å². The van der Waals surface area contributed by atoms with E-state index in [0.717, 1.165) is 0 Å². The highest BCUT2D eigenvalue weighted by atomic mass is 19.0. The van der Waals surface area contributed by atoms with Gasteiger partial charge >= 0.3 is 0 Å². The maximum atomic E-state index is 2.38. The van der Waals surface area contributed by atoms with Gasteiger partial charge in [0, 0.05) is 0 Å². The van der Waals surface area contributed by atoms with E-state index < -0.39 is 0 Å². The third-order valence-electron chi connectivity index (χ3n) is 0.866. The molecule has 0 aliphatic heterocycles. The van der Waals surface area contributed by atoms with Crippen LogP contribution in [0.15, 0.2) is 0 Å². The first-order valence-corrected chi connectivity index (χ1v) is 3.58. The van der Waals surface area contributed by atoms with E-state index in [9.17, 15) is 0 Å². The van der Waals surface area contributed by atoms with Gasteiger partial charge in [0.15, 0.2) is 0 Å². The summed E-state index contributed by atoms with van der Waals surface area (Å²) in [6.45, 7) is 13.4. The molecule has 0 aliphatic carbocycles. The molecule has 10 heavy (non-hydrogen) atoms. The second kappa shape index (κ2) is 3.40. The van der Waals surface area contributed by atoms with Gasteiger partial charge in [0.2, 0.25) is 0 Å². The summed E-state index contributed by atoms with van der Waals surface area (Å²) in [5.74, 6) is 0. The summed E-state index contributed by atoms with van der Waals surface area (Å²) in [5, 5.41) is 0.719. The smallest absolute Gasteiger partial charge is 0.124 e. The van der Waals surface area contributed by atoms with Crippen LogP contribution in [0.5, 0.6) is 0 Å². The van der Waals surface area contributed by atoms with Crippen molar-refractivity contribution in [2.45, 2.75) is 52.2 Å². The van der Waals surface area contributed by atoms with Crippen LogP contribution >= 0.6 is 0 Å². The monoisotopic (exact) mass is 145 g/mol. The lowest BCUT2D eigenvalue weighted by molar-refractivity contribution is 0.668. The average Bonchev–Trinajstić information content (AvgIpc) is 1.14. The molecule has 0 saturated heterocycles. The molecular formula is C8H19BF. The van der Waals surface area contributed by atoms with Crippen LogP contribution in [0.3, 0.4) is 0 Å². The first kappa shape index (κ1) is 12.7. The molecular weight excluding hydrogens is 126 g/mol. The summed E-state index contributed by atoms with van der Waals surface area (Å²) in [5.41, 5.74) is 0. The highest BCUT2D eigenvalue weighted by Gasteiger charge is 2.21. The van der Waals surface area contributed by atoms with E-state index in [1.54, 1.807) is 0 Å². The van der Waals surface area contributed by atoms with Gasteiger partial charge in [0.05, 0.1) is 0 Å². The van der Waals surface area contributed by atoms with Crippen molar-refractivity contribution >= 4 is 7.28 Å². The Morgan fingerprint density at radius 3 is 0.900 bits per heavy atom. The van der Waals surface area contributed by atoms with E-state index in [1.165, 1.54) is 0 Å². The fourth-order valence-corrected chi connectivity index (χ4v) is 1.30. The molecule has 0 aromatic heterocycles.